The summed E-state index contributed by atoms with van der Waals surface area (Å²) in [5.41, 5.74) is 4.23. The standard InChI is InChI=1S/C14H21NS/c1-8(2)11-6-10(5)15-14-13(11)12(7-16-14)9(3)4/h6,8-9,12H,7H2,1-5H3. The Morgan fingerprint density at radius 2 is 2.00 bits per heavy atom. The van der Waals surface area contributed by atoms with Crippen LogP contribution in [-0.4, -0.2) is 10.7 Å². The molecule has 2 heteroatoms. The van der Waals surface area contributed by atoms with Crippen LogP contribution in [0.1, 0.15) is 56.4 Å². The van der Waals surface area contributed by atoms with Crippen LogP contribution in [0.3, 0.4) is 0 Å². The van der Waals surface area contributed by atoms with Crippen molar-refractivity contribution in [1.29, 1.82) is 0 Å². The highest BCUT2D eigenvalue weighted by atomic mass is 32.2. The van der Waals surface area contributed by atoms with Gasteiger partial charge in [0.05, 0.1) is 0 Å². The Balaban J connectivity index is 2.54. The molecule has 88 valence electrons. The van der Waals surface area contributed by atoms with E-state index in [1.807, 2.05) is 11.8 Å². The molecule has 1 aliphatic rings. The Morgan fingerprint density at radius 1 is 1.31 bits per heavy atom. The van der Waals surface area contributed by atoms with Gasteiger partial charge in [0.1, 0.15) is 5.03 Å². The number of fused-ring (bicyclic) bond motifs is 1. The number of hydrogen-bond acceptors (Lipinski definition) is 2. The van der Waals surface area contributed by atoms with Crippen molar-refractivity contribution in [1.82, 2.24) is 4.98 Å². The number of aryl methyl sites for hydroxylation is 1. The molecule has 0 bridgehead atoms. The van der Waals surface area contributed by atoms with E-state index in [1.54, 1.807) is 5.56 Å². The predicted molar refractivity (Wildman–Crippen MR) is 71.4 cm³/mol. The lowest BCUT2D eigenvalue weighted by atomic mass is 9.85. The Kier molecular flexibility index (Phi) is 3.29. The molecule has 1 aromatic rings. The molecule has 2 rings (SSSR count). The molecule has 1 aliphatic heterocycles. The number of hydrogen-bond donors (Lipinski definition) is 0. The molecule has 0 aliphatic carbocycles. The van der Waals surface area contributed by atoms with Crippen LogP contribution >= 0.6 is 11.8 Å². The second-order valence-corrected chi connectivity index (χ2v) is 6.40. The van der Waals surface area contributed by atoms with Gasteiger partial charge in [0.15, 0.2) is 0 Å². The van der Waals surface area contributed by atoms with Crippen LogP contribution in [0.15, 0.2) is 11.1 Å². The van der Waals surface area contributed by atoms with Gasteiger partial charge in [-0.15, -0.1) is 11.8 Å². The van der Waals surface area contributed by atoms with Crippen LogP contribution in [0.25, 0.3) is 0 Å². The third kappa shape index (κ3) is 2.00. The van der Waals surface area contributed by atoms with E-state index in [2.05, 4.69) is 40.7 Å². The Labute approximate surface area is 103 Å². The van der Waals surface area contributed by atoms with Crippen LogP contribution in [0.2, 0.25) is 0 Å². The van der Waals surface area contributed by atoms with Gasteiger partial charge < -0.3 is 0 Å². The highest BCUT2D eigenvalue weighted by molar-refractivity contribution is 7.99. The lowest BCUT2D eigenvalue weighted by Crippen LogP contribution is -2.09. The number of thioether (sulfide) groups is 1. The van der Waals surface area contributed by atoms with Gasteiger partial charge in [-0.1, -0.05) is 27.7 Å². The fourth-order valence-electron chi connectivity index (χ4n) is 2.42. The largest absolute Gasteiger partial charge is 0.247 e. The molecule has 2 heterocycles. The van der Waals surface area contributed by atoms with Crippen LogP contribution in [0.4, 0.5) is 0 Å². The maximum Gasteiger partial charge on any atom is 0.100 e. The first-order chi connectivity index (χ1) is 7.50. The molecule has 0 fully saturated rings. The monoisotopic (exact) mass is 235 g/mol. The molecule has 0 N–H and O–H groups in total. The minimum atomic E-state index is 0.607. The van der Waals surface area contributed by atoms with Crippen molar-refractivity contribution in [2.75, 3.05) is 5.75 Å². The molecule has 1 unspecified atom stereocenters. The van der Waals surface area contributed by atoms with Crippen molar-refractivity contribution in [3.8, 4) is 0 Å². The first-order valence-corrected chi connectivity index (χ1v) is 7.13. The third-order valence-corrected chi connectivity index (χ3v) is 4.49. The van der Waals surface area contributed by atoms with E-state index in [4.69, 9.17) is 4.98 Å². The van der Waals surface area contributed by atoms with Gasteiger partial charge in [-0.05, 0) is 41.9 Å². The highest BCUT2D eigenvalue weighted by Crippen LogP contribution is 2.45. The number of pyridine rings is 1. The zero-order valence-electron chi connectivity index (χ0n) is 10.9. The fraction of sp³-hybridized carbons (Fsp3) is 0.643. The Morgan fingerprint density at radius 3 is 2.56 bits per heavy atom. The molecule has 0 radical (unpaired) electrons. The van der Waals surface area contributed by atoms with Crippen molar-refractivity contribution in [2.24, 2.45) is 5.92 Å². The van der Waals surface area contributed by atoms with Gasteiger partial charge in [-0.3, -0.25) is 0 Å². The number of rotatable bonds is 2. The molecule has 1 nitrogen and oxygen atoms in total. The van der Waals surface area contributed by atoms with Gasteiger partial charge in [0, 0.05) is 11.4 Å². The summed E-state index contributed by atoms with van der Waals surface area (Å²) in [5, 5.41) is 1.29. The molecule has 16 heavy (non-hydrogen) atoms. The van der Waals surface area contributed by atoms with Crippen LogP contribution in [0, 0.1) is 12.8 Å². The van der Waals surface area contributed by atoms with E-state index in [0.717, 1.165) is 5.92 Å². The SMILES string of the molecule is Cc1cc(C(C)C)c2c(n1)SCC2C(C)C. The van der Waals surface area contributed by atoms with Gasteiger partial charge >= 0.3 is 0 Å². The van der Waals surface area contributed by atoms with Crippen molar-refractivity contribution in [3.63, 3.8) is 0 Å². The average molecular weight is 235 g/mol. The van der Waals surface area contributed by atoms with Gasteiger partial charge in [-0.2, -0.15) is 0 Å². The molecule has 0 spiro atoms. The zero-order valence-corrected chi connectivity index (χ0v) is 11.7. The van der Waals surface area contributed by atoms with Crippen molar-refractivity contribution >= 4 is 11.8 Å². The van der Waals surface area contributed by atoms with Gasteiger partial charge in [0.2, 0.25) is 0 Å². The van der Waals surface area contributed by atoms with Crippen molar-refractivity contribution in [3.05, 3.63) is 22.9 Å². The van der Waals surface area contributed by atoms with Crippen LogP contribution in [0.5, 0.6) is 0 Å². The third-order valence-electron chi connectivity index (χ3n) is 3.38. The minimum absolute atomic E-state index is 0.607. The summed E-state index contributed by atoms with van der Waals surface area (Å²) < 4.78 is 0. The maximum atomic E-state index is 4.69. The molecule has 0 aromatic carbocycles. The Bertz CT molecular complexity index is 396. The summed E-state index contributed by atoms with van der Waals surface area (Å²) in [6, 6.07) is 2.28. The fourth-order valence-corrected chi connectivity index (χ4v) is 3.94. The van der Waals surface area contributed by atoms with Gasteiger partial charge in [-0.25, -0.2) is 4.98 Å². The zero-order chi connectivity index (χ0) is 11.9. The molecular weight excluding hydrogens is 214 g/mol. The minimum Gasteiger partial charge on any atom is -0.247 e. The van der Waals surface area contributed by atoms with E-state index in [0.29, 0.717) is 11.8 Å². The van der Waals surface area contributed by atoms with E-state index < -0.39 is 0 Å². The Hall–Kier alpha value is -0.500. The van der Waals surface area contributed by atoms with E-state index in [1.165, 1.54) is 22.0 Å². The lowest BCUT2D eigenvalue weighted by molar-refractivity contribution is 0.534. The number of aromatic nitrogens is 1. The van der Waals surface area contributed by atoms with Crippen LogP contribution in [-0.2, 0) is 0 Å². The molecule has 0 saturated carbocycles. The first kappa shape index (κ1) is 12.0. The van der Waals surface area contributed by atoms with E-state index in [9.17, 15) is 0 Å². The lowest BCUT2D eigenvalue weighted by Gasteiger charge is -2.20. The summed E-state index contributed by atoms with van der Waals surface area (Å²) >= 11 is 1.94. The summed E-state index contributed by atoms with van der Waals surface area (Å²) in [5.74, 6) is 3.24. The molecule has 0 amide bonds. The maximum absolute atomic E-state index is 4.69. The average Bonchev–Trinajstić information content (AvgIpc) is 2.59. The van der Waals surface area contributed by atoms with Gasteiger partial charge in [0.25, 0.3) is 0 Å². The second-order valence-electron chi connectivity index (χ2n) is 5.39. The molecular formula is C14H21NS. The molecule has 1 atom stereocenters. The van der Waals surface area contributed by atoms with Crippen molar-refractivity contribution < 1.29 is 0 Å². The van der Waals surface area contributed by atoms with E-state index >= 15 is 0 Å². The molecule has 0 saturated heterocycles. The predicted octanol–water partition coefficient (Wildman–Crippen LogP) is 4.36. The summed E-state index contributed by atoms with van der Waals surface area (Å²) in [7, 11) is 0. The summed E-state index contributed by atoms with van der Waals surface area (Å²) in [6.07, 6.45) is 0. The topological polar surface area (TPSA) is 12.9 Å². The smallest absolute Gasteiger partial charge is 0.100 e. The molecule has 1 aromatic heterocycles. The summed E-state index contributed by atoms with van der Waals surface area (Å²) in [4.78, 5) is 4.69. The first-order valence-electron chi connectivity index (χ1n) is 6.15. The second kappa shape index (κ2) is 4.40. The number of nitrogens with zero attached hydrogens (tertiary/aromatic N) is 1. The normalized spacial score (nSPS) is 19.6. The highest BCUT2D eigenvalue weighted by Gasteiger charge is 2.30. The van der Waals surface area contributed by atoms with Crippen LogP contribution < -0.4 is 0 Å². The van der Waals surface area contributed by atoms with Crippen molar-refractivity contribution in [2.45, 2.75) is 51.5 Å². The summed E-state index contributed by atoms with van der Waals surface area (Å²) in [6.45, 7) is 11.3. The van der Waals surface area contributed by atoms with E-state index in [-0.39, 0.29) is 0 Å². The quantitative estimate of drug-likeness (QED) is 0.755.